The lowest BCUT2D eigenvalue weighted by atomic mass is 9.93. The highest BCUT2D eigenvalue weighted by atomic mass is 16.5. The van der Waals surface area contributed by atoms with E-state index in [4.69, 9.17) is 43.4 Å². The van der Waals surface area contributed by atoms with Crippen LogP contribution in [0.3, 0.4) is 0 Å². The van der Waals surface area contributed by atoms with Gasteiger partial charge in [0, 0.05) is 53.1 Å². The van der Waals surface area contributed by atoms with Crippen molar-refractivity contribution in [1.29, 1.82) is 0 Å². The van der Waals surface area contributed by atoms with Crippen molar-refractivity contribution in [3.8, 4) is 138 Å². The second-order valence-corrected chi connectivity index (χ2v) is 35.0. The van der Waals surface area contributed by atoms with Crippen molar-refractivity contribution in [2.24, 2.45) is 0 Å². The van der Waals surface area contributed by atoms with Crippen molar-refractivity contribution in [1.82, 2.24) is 44.9 Å². The minimum Gasteiger partial charge on any atom is -0.507 e. The third-order valence-corrected chi connectivity index (χ3v) is 24.8. The first-order valence-corrected chi connectivity index (χ1v) is 49.6. The zero-order valence-corrected chi connectivity index (χ0v) is 79.8. The smallest absolute Gasteiger partial charge is 0.320 e. The minimum atomic E-state index is -0.179. The normalized spacial score (nSPS) is 11.4. The van der Waals surface area contributed by atoms with Gasteiger partial charge in [0.15, 0.2) is 34.9 Å². The summed E-state index contributed by atoms with van der Waals surface area (Å²) >= 11 is 0. The maximum atomic E-state index is 11.1. The number of rotatable bonds is 48. The van der Waals surface area contributed by atoms with Gasteiger partial charge in [-0.15, -0.1) is 0 Å². The fourth-order valence-electron chi connectivity index (χ4n) is 17.8. The van der Waals surface area contributed by atoms with Crippen LogP contribution in [0.5, 0.6) is 69.8 Å². The first-order valence-electron chi connectivity index (χ1n) is 49.6. The van der Waals surface area contributed by atoms with Crippen LogP contribution in [0.4, 0.5) is 0 Å². The van der Waals surface area contributed by atoms with Crippen LogP contribution in [0.15, 0.2) is 212 Å². The first-order chi connectivity index (χ1) is 66.7. The Balaban J connectivity index is 0.000000163. The predicted molar refractivity (Wildman–Crippen MR) is 550 cm³/mol. The molecule has 0 atom stereocenters. The highest BCUT2D eigenvalue weighted by Crippen LogP contribution is 2.47. The number of unbranched alkanes of at least 4 members (excludes halogenated alkanes) is 27. The molecule has 136 heavy (non-hydrogen) atoms. The molecule has 16 rings (SSSR count). The van der Waals surface area contributed by atoms with Gasteiger partial charge in [-0.2, -0.15) is 29.9 Å². The van der Waals surface area contributed by atoms with Crippen LogP contribution in [-0.4, -0.2) is 115 Å². The molecule has 0 aliphatic carbocycles. The van der Waals surface area contributed by atoms with Gasteiger partial charge in [-0.3, -0.25) is 0 Å². The molecule has 0 saturated heterocycles. The summed E-state index contributed by atoms with van der Waals surface area (Å²) in [6.07, 6.45) is 37.3. The molecule has 0 spiro atoms. The first kappa shape index (κ1) is 98.3. The topological polar surface area (TPSA) is 293 Å². The van der Waals surface area contributed by atoms with E-state index < -0.39 is 0 Å². The largest absolute Gasteiger partial charge is 0.507 e. The molecule has 708 valence electrons. The molecule has 0 saturated carbocycles. The summed E-state index contributed by atoms with van der Waals surface area (Å²) in [7, 11) is 0. The quantitative estimate of drug-likeness (QED) is 0.0117. The summed E-state index contributed by atoms with van der Waals surface area (Å²) in [6, 6.07) is 69.1. The van der Waals surface area contributed by atoms with Crippen molar-refractivity contribution < 1.29 is 59.1 Å². The van der Waals surface area contributed by atoms with E-state index in [2.05, 4.69) is 136 Å². The van der Waals surface area contributed by atoms with E-state index in [1.807, 2.05) is 112 Å². The zero-order valence-electron chi connectivity index (χ0n) is 79.8. The number of ether oxygens (including phenoxy) is 6. The molecular formula is C115H131N9O12. The molecule has 21 heteroatoms. The summed E-state index contributed by atoms with van der Waals surface area (Å²) in [5.74, 6) is 1.66. The minimum absolute atomic E-state index is 0.0986. The molecule has 0 unspecified atom stereocenters. The maximum absolute atomic E-state index is 11.1. The van der Waals surface area contributed by atoms with Crippen molar-refractivity contribution in [2.75, 3.05) is 39.6 Å². The number of fused-ring (bicyclic) bond motifs is 9. The highest BCUT2D eigenvalue weighted by molar-refractivity contribution is 6.21. The third kappa shape index (κ3) is 26.3. The highest BCUT2D eigenvalue weighted by Gasteiger charge is 2.26. The van der Waals surface area contributed by atoms with Crippen molar-refractivity contribution >= 4 is 75.4 Å². The third-order valence-electron chi connectivity index (χ3n) is 24.8. The predicted octanol–water partition coefficient (Wildman–Crippen LogP) is 30.0. The molecule has 0 amide bonds. The van der Waals surface area contributed by atoms with E-state index in [1.54, 1.807) is 0 Å². The molecule has 0 aliphatic heterocycles. The lowest BCUT2D eigenvalue weighted by molar-refractivity contribution is 0.300. The molecule has 0 fully saturated rings. The Kier molecular flexibility index (Phi) is 36.6. The van der Waals surface area contributed by atoms with Crippen molar-refractivity contribution in [3.63, 3.8) is 0 Å². The second-order valence-electron chi connectivity index (χ2n) is 35.0. The Hall–Kier alpha value is -13.7. The van der Waals surface area contributed by atoms with Crippen LogP contribution in [0, 0.1) is 0 Å². The van der Waals surface area contributed by atoms with Gasteiger partial charge in [0.2, 0.25) is 0 Å². The summed E-state index contributed by atoms with van der Waals surface area (Å²) < 4.78 is 34.8. The Morgan fingerprint density at radius 2 is 0.485 bits per heavy atom. The fourth-order valence-corrected chi connectivity index (χ4v) is 17.8. The van der Waals surface area contributed by atoms with Crippen LogP contribution in [0.2, 0.25) is 0 Å². The van der Waals surface area contributed by atoms with Crippen molar-refractivity contribution in [3.05, 3.63) is 212 Å². The number of phenols is 6. The number of aromatic nitrogens is 9. The lowest BCUT2D eigenvalue weighted by Crippen LogP contribution is -2.04. The van der Waals surface area contributed by atoms with E-state index >= 15 is 0 Å². The SMILES string of the molecule is CCCCCCCCCCCCOc1cc(O)c(-c2nc(OCC)nc(-c3c4ccccc4cc4ccccc34)n2)c(O)c1.CCCCCCCCCCCCOc1cc(O)c(-c2nc(OCC)nc(-c3cc4c5ccccc5ccc4c4ccccc34)n2)c(O)c1.CCCCCCCCCCCCOc1cc(O)c(-c2nc(OCC)nc(-c3ccc4cc5ccccc5cc4c3)n2)c(O)c1. The van der Waals surface area contributed by atoms with E-state index in [0.717, 1.165) is 125 Å². The van der Waals surface area contributed by atoms with Gasteiger partial charge in [-0.1, -0.05) is 340 Å². The standard InChI is InChI=1S/C41H45N3O4.2C37H43N3O4/c1-3-5-6-7-8-9-10-11-12-17-24-48-29-25-36(45)38(37(46)26-29)40-42-39(43-41(44-40)47-4-2)35-27-34-30-19-14-13-18-28(30)22-23-33(34)31-20-15-16-21-32(31)35;1-3-5-6-7-8-9-10-11-12-17-22-44-28-24-31(41)34(32(42)25-28)36-38-35(39-37(40-36)43-4-2)33-29-20-15-13-18-26(29)23-27-19-14-16-21-30(27)33;1-3-5-6-7-8-9-10-11-12-15-20-44-31-24-32(41)34(33(42)25-31)36-38-35(39-37(40-36)43-4-2)29-19-18-28-21-26-16-13-14-17-27(26)22-30(28)23-29/h13-16,18-23,25-27,45-46H,3-12,17,24H2,1-2H3;13-16,18-21,23-25,41-42H,3-12,17,22H2,1-2H3;13-14,16-19,21-25,41-42H,3-12,15,20H2,1-2H3. The molecule has 3 aromatic heterocycles. The molecule has 0 radical (unpaired) electrons. The van der Waals surface area contributed by atoms with Crippen LogP contribution in [0.25, 0.3) is 144 Å². The molecule has 16 aromatic rings. The number of hydrogen-bond donors (Lipinski definition) is 6. The molecule has 0 bridgehead atoms. The van der Waals surface area contributed by atoms with Crippen LogP contribution in [-0.2, 0) is 0 Å². The van der Waals surface area contributed by atoms with Gasteiger partial charge in [0.25, 0.3) is 0 Å². The molecule has 13 aromatic carbocycles. The molecular weight excluding hydrogens is 1700 g/mol. The van der Waals surface area contributed by atoms with E-state index in [-0.39, 0.29) is 86.7 Å². The number of phenolic OH excluding ortho intramolecular Hbond substituents is 6. The number of nitrogens with zero attached hydrogens (tertiary/aromatic N) is 9. The summed E-state index contributed by atoms with van der Waals surface area (Å²) in [5.41, 5.74) is 2.71. The average Bonchev–Trinajstić information content (AvgIpc) is 0.751. The number of aromatic hydroxyl groups is 6. The Bertz CT molecular complexity index is 6510. The molecule has 0 aliphatic rings. The fraction of sp³-hybridized carbons (Fsp3) is 0.365. The molecule has 6 N–H and O–H groups in total. The summed E-state index contributed by atoms with van der Waals surface area (Å²) in [6.45, 7) is 14.9. The van der Waals surface area contributed by atoms with Gasteiger partial charge in [0.05, 0.1) is 39.6 Å². The summed E-state index contributed by atoms with van der Waals surface area (Å²) in [4.78, 5) is 41.5. The maximum Gasteiger partial charge on any atom is 0.320 e. The van der Waals surface area contributed by atoms with Crippen LogP contribution >= 0.6 is 0 Å². The monoisotopic (exact) mass is 1830 g/mol. The number of hydrogen-bond acceptors (Lipinski definition) is 21. The van der Waals surface area contributed by atoms with E-state index in [0.29, 0.717) is 74.4 Å². The van der Waals surface area contributed by atoms with Gasteiger partial charge >= 0.3 is 18.0 Å². The van der Waals surface area contributed by atoms with Crippen LogP contribution < -0.4 is 28.4 Å². The van der Waals surface area contributed by atoms with Gasteiger partial charge < -0.3 is 59.1 Å². The van der Waals surface area contributed by atoms with Crippen molar-refractivity contribution in [2.45, 2.75) is 234 Å². The van der Waals surface area contributed by atoms with E-state index in [9.17, 15) is 30.6 Å². The van der Waals surface area contributed by atoms with Gasteiger partial charge in [-0.25, -0.2) is 15.0 Å². The van der Waals surface area contributed by atoms with Gasteiger partial charge in [-0.05, 0) is 146 Å². The Labute approximate surface area is 798 Å². The molecule has 21 nitrogen and oxygen atoms in total. The zero-order chi connectivity index (χ0) is 94.8. The Morgan fingerprint density at radius 3 is 0.890 bits per heavy atom. The van der Waals surface area contributed by atoms with Crippen LogP contribution in [0.1, 0.15) is 234 Å². The van der Waals surface area contributed by atoms with E-state index in [1.165, 1.54) is 196 Å². The average molecular weight is 1830 g/mol. The second kappa shape index (κ2) is 50.6. The molecule has 3 heterocycles. The number of benzene rings is 13. The Morgan fingerprint density at radius 1 is 0.199 bits per heavy atom. The summed E-state index contributed by atoms with van der Waals surface area (Å²) in [5, 5.41) is 81.3. The van der Waals surface area contributed by atoms with Gasteiger partial charge in [0.1, 0.15) is 68.4 Å². The lowest BCUT2D eigenvalue weighted by Gasteiger charge is -2.14.